The van der Waals surface area contributed by atoms with Gasteiger partial charge in [0.05, 0.1) is 34.4 Å². The third-order valence-corrected chi connectivity index (χ3v) is 11.1. The van der Waals surface area contributed by atoms with E-state index in [0.717, 1.165) is 25.9 Å². The number of rotatable bonds is 7. The van der Waals surface area contributed by atoms with Crippen LogP contribution in [0.2, 0.25) is 5.02 Å². The minimum Gasteiger partial charge on any atom is -0.493 e. The summed E-state index contributed by atoms with van der Waals surface area (Å²) in [6.07, 6.45) is 1.37. The molecule has 0 bridgehead atoms. The van der Waals surface area contributed by atoms with Crippen LogP contribution < -0.4 is 9.04 Å². The van der Waals surface area contributed by atoms with Crippen LogP contribution in [0.3, 0.4) is 0 Å². The minimum atomic E-state index is -4.55. The molecule has 3 aromatic rings. The SMILES string of the molecule is CCOc1ccccc1C1(OC(=O)N2CCN(C3CCN(C)CC3)CC2)C(=O)N(S(=O)(=O)c2ccc(C#N)cc2)c2ccc(Cl)cc21. The van der Waals surface area contributed by atoms with Gasteiger partial charge >= 0.3 is 6.09 Å². The molecule has 3 aromatic carbocycles. The Morgan fingerprint density at radius 1 is 0.979 bits per heavy atom. The maximum Gasteiger partial charge on any atom is 0.411 e. The first-order valence-electron chi connectivity index (χ1n) is 15.6. The summed E-state index contributed by atoms with van der Waals surface area (Å²) in [6.45, 7) is 6.16. The van der Waals surface area contributed by atoms with Crippen LogP contribution in [0.4, 0.5) is 10.5 Å². The number of hydrogen-bond acceptors (Lipinski definition) is 9. The number of hydrogen-bond donors (Lipinski definition) is 0. The van der Waals surface area contributed by atoms with E-state index in [1.807, 2.05) is 6.07 Å². The van der Waals surface area contributed by atoms with E-state index in [9.17, 15) is 23.3 Å². The first-order valence-corrected chi connectivity index (χ1v) is 17.4. The van der Waals surface area contributed by atoms with E-state index >= 15 is 0 Å². The van der Waals surface area contributed by atoms with E-state index in [1.54, 1.807) is 36.1 Å². The highest BCUT2D eigenvalue weighted by molar-refractivity contribution is 7.93. The first-order chi connectivity index (χ1) is 22.6. The molecule has 6 rings (SSSR count). The zero-order valence-electron chi connectivity index (χ0n) is 26.3. The van der Waals surface area contributed by atoms with Gasteiger partial charge in [-0.25, -0.2) is 13.2 Å². The number of halogens is 1. The summed E-state index contributed by atoms with van der Waals surface area (Å²) >= 11 is 6.48. The molecule has 0 radical (unpaired) electrons. The average molecular weight is 678 g/mol. The van der Waals surface area contributed by atoms with Crippen molar-refractivity contribution < 1.29 is 27.5 Å². The number of para-hydroxylation sites is 1. The molecule has 3 aliphatic heterocycles. The summed E-state index contributed by atoms with van der Waals surface area (Å²) in [5.41, 5.74) is -1.72. The van der Waals surface area contributed by atoms with E-state index in [4.69, 9.17) is 21.1 Å². The first kappa shape index (κ1) is 32.8. The van der Waals surface area contributed by atoms with Gasteiger partial charge in [-0.1, -0.05) is 29.8 Å². The lowest BCUT2D eigenvalue weighted by atomic mass is 9.86. The normalized spacial score (nSPS) is 20.9. The molecule has 0 aliphatic carbocycles. The zero-order valence-corrected chi connectivity index (χ0v) is 27.8. The maximum absolute atomic E-state index is 14.9. The third-order valence-electron chi connectivity index (χ3n) is 9.15. The molecular formula is C34H36ClN5O6S. The van der Waals surface area contributed by atoms with Crippen molar-refractivity contribution in [3.63, 3.8) is 0 Å². The molecule has 2 amide bonds. The number of benzene rings is 3. The lowest BCUT2D eigenvalue weighted by Gasteiger charge is -2.42. The zero-order chi connectivity index (χ0) is 33.3. The molecule has 47 heavy (non-hydrogen) atoms. The lowest BCUT2D eigenvalue weighted by Crippen LogP contribution is -2.55. The molecule has 0 saturated carbocycles. The maximum atomic E-state index is 14.9. The number of fused-ring (bicyclic) bond motifs is 1. The monoisotopic (exact) mass is 677 g/mol. The number of carbonyl (C=O) groups is 2. The van der Waals surface area contributed by atoms with Crippen molar-refractivity contribution in [1.82, 2.24) is 14.7 Å². The second-order valence-electron chi connectivity index (χ2n) is 11.9. The van der Waals surface area contributed by atoms with Crippen LogP contribution >= 0.6 is 11.6 Å². The van der Waals surface area contributed by atoms with Crippen LogP contribution in [-0.4, -0.2) is 94.1 Å². The molecule has 2 fully saturated rings. The highest BCUT2D eigenvalue weighted by Gasteiger charge is 2.61. The van der Waals surface area contributed by atoms with Crippen molar-refractivity contribution in [1.29, 1.82) is 5.26 Å². The second-order valence-corrected chi connectivity index (χ2v) is 14.1. The Balaban J connectivity index is 1.41. The molecule has 0 aromatic heterocycles. The van der Waals surface area contributed by atoms with Crippen molar-refractivity contribution in [2.75, 3.05) is 57.2 Å². The summed E-state index contributed by atoms with van der Waals surface area (Å²) < 4.78 is 41.3. The summed E-state index contributed by atoms with van der Waals surface area (Å²) in [4.78, 5) is 35.1. The van der Waals surface area contributed by atoms with Gasteiger partial charge in [0, 0.05) is 42.8 Å². The number of piperidine rings is 1. The van der Waals surface area contributed by atoms with Gasteiger partial charge in [0.1, 0.15) is 5.75 Å². The Labute approximate surface area is 279 Å². The Hall–Kier alpha value is -4.15. The summed E-state index contributed by atoms with van der Waals surface area (Å²) in [7, 11) is -2.43. The summed E-state index contributed by atoms with van der Waals surface area (Å²) in [5.74, 6) is -0.753. The molecule has 11 nitrogen and oxygen atoms in total. The quantitative estimate of drug-likeness (QED) is 0.357. The highest BCUT2D eigenvalue weighted by atomic mass is 35.5. The van der Waals surface area contributed by atoms with Crippen molar-refractivity contribution in [2.45, 2.75) is 36.3 Å². The minimum absolute atomic E-state index is 0.00468. The molecule has 0 N–H and O–H groups in total. The second kappa shape index (κ2) is 13.2. The average Bonchev–Trinajstić information content (AvgIpc) is 3.33. The fourth-order valence-corrected chi connectivity index (χ4v) is 8.29. The molecule has 13 heteroatoms. The molecule has 1 unspecified atom stereocenters. The number of ether oxygens (including phenoxy) is 2. The molecule has 246 valence electrons. The van der Waals surface area contributed by atoms with Gasteiger partial charge < -0.3 is 19.3 Å². The fraction of sp³-hybridized carbons (Fsp3) is 0.382. The number of sulfonamides is 1. The van der Waals surface area contributed by atoms with Crippen LogP contribution in [0, 0.1) is 11.3 Å². The van der Waals surface area contributed by atoms with E-state index in [1.165, 1.54) is 42.5 Å². The molecule has 0 spiro atoms. The highest BCUT2D eigenvalue weighted by Crippen LogP contribution is 2.52. The topological polar surface area (TPSA) is 123 Å². The smallest absolute Gasteiger partial charge is 0.411 e. The van der Waals surface area contributed by atoms with Gasteiger partial charge in [0.2, 0.25) is 5.60 Å². The Morgan fingerprint density at radius 2 is 1.66 bits per heavy atom. The fourth-order valence-electron chi connectivity index (χ4n) is 6.66. The van der Waals surface area contributed by atoms with Crippen LogP contribution in [0.15, 0.2) is 71.6 Å². The largest absolute Gasteiger partial charge is 0.493 e. The number of nitrogens with zero attached hydrogens (tertiary/aromatic N) is 5. The lowest BCUT2D eigenvalue weighted by molar-refractivity contribution is -0.132. The number of anilines is 1. The van der Waals surface area contributed by atoms with Gasteiger partial charge in [-0.3, -0.25) is 9.69 Å². The molecule has 2 saturated heterocycles. The van der Waals surface area contributed by atoms with E-state index < -0.39 is 27.6 Å². The standard InChI is InChI=1S/C34H36ClN5O6S/c1-3-45-31-7-5-4-6-28(31)34(46-33(42)39-20-18-38(19-21-39)26-14-16-37(2)17-15-26)29-22-25(35)10-13-30(29)40(32(34)41)47(43,44)27-11-8-24(23-36)9-12-27/h4-13,22,26H,3,14-21H2,1-2H3. The number of likely N-dealkylation sites (tertiary alicyclic amines) is 1. The van der Waals surface area contributed by atoms with E-state index in [0.29, 0.717) is 36.5 Å². The molecule has 1 atom stereocenters. The van der Waals surface area contributed by atoms with Crippen molar-refractivity contribution in [3.05, 3.63) is 88.4 Å². The van der Waals surface area contributed by atoms with Gasteiger partial charge in [-0.05, 0) is 88.4 Å². The number of piperazine rings is 1. The number of nitriles is 1. The molecule has 3 aliphatic rings. The predicted octanol–water partition coefficient (Wildman–Crippen LogP) is 4.44. The van der Waals surface area contributed by atoms with Gasteiger partial charge in [0.25, 0.3) is 15.9 Å². The summed E-state index contributed by atoms with van der Waals surface area (Å²) in [5, 5.41) is 9.46. The molecular weight excluding hydrogens is 642 g/mol. The Morgan fingerprint density at radius 3 is 2.32 bits per heavy atom. The predicted molar refractivity (Wildman–Crippen MR) is 176 cm³/mol. The van der Waals surface area contributed by atoms with Crippen LogP contribution in [0.5, 0.6) is 5.75 Å². The Bertz CT molecular complexity index is 1820. The Kier molecular flexibility index (Phi) is 9.18. The van der Waals surface area contributed by atoms with Gasteiger partial charge in [-0.2, -0.15) is 9.57 Å². The molecule has 3 heterocycles. The van der Waals surface area contributed by atoms with Crippen LogP contribution in [0.1, 0.15) is 36.5 Å². The van der Waals surface area contributed by atoms with E-state index in [-0.39, 0.29) is 44.7 Å². The van der Waals surface area contributed by atoms with Crippen molar-refractivity contribution >= 4 is 39.3 Å². The number of amides is 2. The summed E-state index contributed by atoms with van der Waals surface area (Å²) in [6, 6.07) is 18.6. The third kappa shape index (κ3) is 5.93. The van der Waals surface area contributed by atoms with Gasteiger partial charge in [-0.15, -0.1) is 0 Å². The van der Waals surface area contributed by atoms with E-state index in [2.05, 4.69) is 16.8 Å². The van der Waals surface area contributed by atoms with Gasteiger partial charge in [0.15, 0.2) is 0 Å². The number of carbonyl (C=O) groups excluding carboxylic acids is 2. The van der Waals surface area contributed by atoms with Crippen molar-refractivity contribution in [2.24, 2.45) is 0 Å². The van der Waals surface area contributed by atoms with Crippen LogP contribution in [-0.2, 0) is 25.2 Å². The van der Waals surface area contributed by atoms with Crippen LogP contribution in [0.25, 0.3) is 0 Å². The van der Waals surface area contributed by atoms with Crippen molar-refractivity contribution in [3.8, 4) is 11.8 Å².